The van der Waals surface area contributed by atoms with Crippen LogP contribution in [0.1, 0.15) is 55.6 Å². The summed E-state index contributed by atoms with van der Waals surface area (Å²) in [7, 11) is 0. The van der Waals surface area contributed by atoms with Gasteiger partial charge in [-0.3, -0.25) is 4.98 Å². The van der Waals surface area contributed by atoms with Crippen molar-refractivity contribution < 1.29 is 0 Å². The Hall–Kier alpha value is -2.67. The number of aromatic nitrogens is 3. The van der Waals surface area contributed by atoms with Crippen LogP contribution in [0.3, 0.4) is 0 Å². The number of allylic oxidation sites excluding steroid dienone is 2. The average molecular weight is 318 g/mol. The summed E-state index contributed by atoms with van der Waals surface area (Å²) in [6.07, 6.45) is 8.94. The second-order valence-electron chi connectivity index (χ2n) is 6.98. The van der Waals surface area contributed by atoms with Gasteiger partial charge in [-0.2, -0.15) is 0 Å². The lowest BCUT2D eigenvalue weighted by Gasteiger charge is -2.28. The van der Waals surface area contributed by atoms with E-state index in [9.17, 15) is 0 Å². The summed E-state index contributed by atoms with van der Waals surface area (Å²) in [5.41, 5.74) is 10.9. The van der Waals surface area contributed by atoms with E-state index in [1.807, 2.05) is 19.1 Å². The van der Waals surface area contributed by atoms with E-state index < -0.39 is 0 Å². The summed E-state index contributed by atoms with van der Waals surface area (Å²) in [4.78, 5) is 12.9. The van der Waals surface area contributed by atoms with Gasteiger partial charge in [0.15, 0.2) is 0 Å². The van der Waals surface area contributed by atoms with Gasteiger partial charge in [-0.25, -0.2) is 9.97 Å². The van der Waals surface area contributed by atoms with Crippen LogP contribution in [0.15, 0.2) is 30.6 Å². The van der Waals surface area contributed by atoms with E-state index in [0.29, 0.717) is 11.4 Å². The summed E-state index contributed by atoms with van der Waals surface area (Å²) >= 11 is 0. The maximum atomic E-state index is 5.89. The maximum Gasteiger partial charge on any atom is 0.220 e. The summed E-state index contributed by atoms with van der Waals surface area (Å²) in [6.45, 7) is 6.52. The molecular weight excluding hydrogens is 296 g/mol. The number of pyridine rings is 1. The largest absolute Gasteiger partial charge is 0.368 e. The van der Waals surface area contributed by atoms with E-state index in [4.69, 9.17) is 5.73 Å². The number of hydrogen-bond donors (Lipinski definition) is 1. The normalized spacial score (nSPS) is 16.0. The average Bonchev–Trinajstić information content (AvgIpc) is 2.54. The lowest BCUT2D eigenvalue weighted by Crippen LogP contribution is -2.15. The van der Waals surface area contributed by atoms with Gasteiger partial charge < -0.3 is 5.73 Å². The smallest absolute Gasteiger partial charge is 0.220 e. The van der Waals surface area contributed by atoms with Crippen LogP contribution >= 0.6 is 0 Å². The zero-order chi connectivity index (χ0) is 17.2. The molecule has 4 nitrogen and oxygen atoms in total. The maximum absolute atomic E-state index is 5.89. The number of rotatable bonds is 1. The minimum absolute atomic E-state index is 0.306. The molecule has 0 bridgehead atoms. The Labute approximate surface area is 143 Å². The highest BCUT2D eigenvalue weighted by Crippen LogP contribution is 2.38. The SMILES string of the molecule is Cc1nc(N)nc(C2=CCC(C)(C)CC2)c1C#Cc1cccnc1. The molecule has 122 valence electrons. The van der Waals surface area contributed by atoms with Gasteiger partial charge in [0.25, 0.3) is 0 Å². The van der Waals surface area contributed by atoms with Crippen molar-refractivity contribution in [3.05, 3.63) is 53.1 Å². The van der Waals surface area contributed by atoms with Crippen molar-refractivity contribution in [2.45, 2.75) is 40.0 Å². The number of aryl methyl sites for hydroxylation is 1. The van der Waals surface area contributed by atoms with Gasteiger partial charge in [0.1, 0.15) is 0 Å². The Morgan fingerprint density at radius 2 is 2.04 bits per heavy atom. The fourth-order valence-electron chi connectivity index (χ4n) is 2.84. The molecule has 1 aliphatic rings. The van der Waals surface area contributed by atoms with Gasteiger partial charge in [-0.05, 0) is 49.3 Å². The van der Waals surface area contributed by atoms with Crippen LogP contribution in [0.4, 0.5) is 5.95 Å². The van der Waals surface area contributed by atoms with Crippen LogP contribution in [-0.2, 0) is 0 Å². The first-order chi connectivity index (χ1) is 11.4. The Morgan fingerprint density at radius 3 is 2.71 bits per heavy atom. The highest BCUT2D eigenvalue weighted by Gasteiger charge is 2.24. The molecule has 0 atom stereocenters. The molecule has 2 N–H and O–H groups in total. The quantitative estimate of drug-likeness (QED) is 0.813. The zero-order valence-corrected chi connectivity index (χ0v) is 14.4. The van der Waals surface area contributed by atoms with Crippen molar-refractivity contribution in [1.29, 1.82) is 0 Å². The third-order valence-corrected chi connectivity index (χ3v) is 4.38. The number of nitrogens with two attached hydrogens (primary N) is 1. The first kappa shape index (κ1) is 16.2. The Morgan fingerprint density at radius 1 is 1.21 bits per heavy atom. The van der Waals surface area contributed by atoms with E-state index in [0.717, 1.165) is 41.8 Å². The molecule has 0 saturated carbocycles. The van der Waals surface area contributed by atoms with Crippen LogP contribution in [0, 0.1) is 24.2 Å². The highest BCUT2D eigenvalue weighted by atomic mass is 15.0. The van der Waals surface area contributed by atoms with Crippen molar-refractivity contribution in [3.8, 4) is 11.8 Å². The topological polar surface area (TPSA) is 64.7 Å². The monoisotopic (exact) mass is 318 g/mol. The van der Waals surface area contributed by atoms with Gasteiger partial charge >= 0.3 is 0 Å². The standard InChI is InChI=1S/C20H22N4/c1-14-17(7-6-15-5-4-12-22-13-15)18(24-19(21)23-14)16-8-10-20(2,3)11-9-16/h4-5,8,12-13H,9-11H2,1-3H3,(H2,21,23,24). The number of anilines is 1. The third-order valence-electron chi connectivity index (χ3n) is 4.38. The van der Waals surface area contributed by atoms with E-state index in [1.54, 1.807) is 12.4 Å². The van der Waals surface area contributed by atoms with Crippen LogP contribution in [-0.4, -0.2) is 15.0 Å². The zero-order valence-electron chi connectivity index (χ0n) is 14.4. The molecule has 1 aliphatic carbocycles. The molecule has 0 saturated heterocycles. The molecule has 0 fully saturated rings. The molecule has 0 unspecified atom stereocenters. The predicted molar refractivity (Wildman–Crippen MR) is 97.0 cm³/mol. The molecule has 0 aliphatic heterocycles. The summed E-state index contributed by atoms with van der Waals surface area (Å²) in [6, 6.07) is 3.82. The summed E-state index contributed by atoms with van der Waals surface area (Å²) < 4.78 is 0. The minimum Gasteiger partial charge on any atom is -0.368 e. The van der Waals surface area contributed by atoms with Crippen molar-refractivity contribution >= 4 is 11.5 Å². The Balaban J connectivity index is 2.04. The molecular formula is C20H22N4. The molecule has 0 amide bonds. The van der Waals surface area contributed by atoms with E-state index in [2.05, 4.69) is 46.7 Å². The molecule has 4 heteroatoms. The van der Waals surface area contributed by atoms with Gasteiger partial charge in [0, 0.05) is 18.0 Å². The number of hydrogen-bond acceptors (Lipinski definition) is 4. The van der Waals surface area contributed by atoms with Gasteiger partial charge in [0.05, 0.1) is 17.0 Å². The molecule has 24 heavy (non-hydrogen) atoms. The molecule has 2 aromatic rings. The summed E-state index contributed by atoms with van der Waals surface area (Å²) in [5, 5.41) is 0. The van der Waals surface area contributed by atoms with Crippen molar-refractivity contribution in [2.75, 3.05) is 5.73 Å². The van der Waals surface area contributed by atoms with Gasteiger partial charge in [-0.15, -0.1) is 0 Å². The third kappa shape index (κ3) is 3.62. The molecule has 2 heterocycles. The number of nitrogen functional groups attached to an aromatic ring is 1. The van der Waals surface area contributed by atoms with Crippen molar-refractivity contribution in [3.63, 3.8) is 0 Å². The fourth-order valence-corrected chi connectivity index (χ4v) is 2.84. The first-order valence-electron chi connectivity index (χ1n) is 8.20. The lowest BCUT2D eigenvalue weighted by atomic mass is 9.77. The Kier molecular flexibility index (Phi) is 4.35. The van der Waals surface area contributed by atoms with Crippen LogP contribution < -0.4 is 5.73 Å². The highest BCUT2D eigenvalue weighted by molar-refractivity contribution is 5.70. The van der Waals surface area contributed by atoms with E-state index >= 15 is 0 Å². The molecule has 2 aromatic heterocycles. The summed E-state index contributed by atoms with van der Waals surface area (Å²) in [5.74, 6) is 6.69. The Bertz CT molecular complexity index is 839. The molecule has 0 radical (unpaired) electrons. The predicted octanol–water partition coefficient (Wildman–Crippen LogP) is 3.76. The van der Waals surface area contributed by atoms with Crippen molar-refractivity contribution in [1.82, 2.24) is 15.0 Å². The van der Waals surface area contributed by atoms with Gasteiger partial charge in [-0.1, -0.05) is 31.8 Å². The second-order valence-corrected chi connectivity index (χ2v) is 6.98. The fraction of sp³-hybridized carbons (Fsp3) is 0.350. The van der Waals surface area contributed by atoms with Crippen molar-refractivity contribution in [2.24, 2.45) is 5.41 Å². The van der Waals surface area contributed by atoms with Crippen LogP contribution in [0.2, 0.25) is 0 Å². The minimum atomic E-state index is 0.306. The lowest BCUT2D eigenvalue weighted by molar-refractivity contribution is 0.334. The molecule has 0 spiro atoms. The van der Waals surface area contributed by atoms with Crippen LogP contribution in [0.25, 0.3) is 5.57 Å². The molecule has 3 rings (SSSR count). The van der Waals surface area contributed by atoms with E-state index in [-0.39, 0.29) is 0 Å². The van der Waals surface area contributed by atoms with E-state index in [1.165, 1.54) is 5.57 Å². The first-order valence-corrected chi connectivity index (χ1v) is 8.20. The second kappa shape index (κ2) is 6.45. The number of nitrogens with zero attached hydrogens (tertiary/aromatic N) is 3. The molecule has 0 aromatic carbocycles. The van der Waals surface area contributed by atoms with Crippen LogP contribution in [0.5, 0.6) is 0 Å². The van der Waals surface area contributed by atoms with Gasteiger partial charge in [0.2, 0.25) is 5.95 Å².